The number of fused-ring (bicyclic) bond motifs is 4. The van der Waals surface area contributed by atoms with Crippen LogP contribution in [0, 0.1) is 0 Å². The largest absolute Gasteiger partial charge is 0.355 e. The van der Waals surface area contributed by atoms with Crippen molar-refractivity contribution in [3.8, 4) is 33.4 Å². The molecule has 2 nitrogen and oxygen atoms in total. The first kappa shape index (κ1) is 33.3. The van der Waals surface area contributed by atoms with Crippen molar-refractivity contribution in [2.75, 3.05) is 10.6 Å². The van der Waals surface area contributed by atoms with Gasteiger partial charge < -0.3 is 10.6 Å². The van der Waals surface area contributed by atoms with Gasteiger partial charge in [0, 0.05) is 55.3 Å². The molecule has 7 aromatic rings. The molecule has 1 heterocycles. The molecule has 0 fully saturated rings. The van der Waals surface area contributed by atoms with E-state index in [1.165, 1.54) is 65.7 Å². The van der Waals surface area contributed by atoms with E-state index in [0.717, 1.165) is 35.6 Å². The minimum Gasteiger partial charge on any atom is -0.355 e. The Hall–Kier alpha value is -6.29. The first-order valence-corrected chi connectivity index (χ1v) is 20.1. The number of nitrogens with one attached hydrogen (secondary N) is 2. The average molecular weight is 725 g/mol. The first-order valence-electron chi connectivity index (χ1n) is 19.2. The molecule has 0 amide bonds. The van der Waals surface area contributed by atoms with Crippen molar-refractivity contribution in [2.24, 2.45) is 0 Å². The minimum absolute atomic E-state index is 0.457. The van der Waals surface area contributed by atoms with Crippen molar-refractivity contribution in [2.45, 2.75) is 28.9 Å². The smallest absolute Gasteiger partial charge is 0.0464 e. The van der Waals surface area contributed by atoms with Gasteiger partial charge >= 0.3 is 0 Å². The quantitative estimate of drug-likeness (QED) is 0.163. The van der Waals surface area contributed by atoms with Crippen molar-refractivity contribution in [1.82, 2.24) is 0 Å². The van der Waals surface area contributed by atoms with Gasteiger partial charge in [0.15, 0.2) is 0 Å². The first-order chi connectivity index (χ1) is 27.2. The molecule has 3 heteroatoms. The lowest BCUT2D eigenvalue weighted by Gasteiger charge is -2.18. The van der Waals surface area contributed by atoms with Gasteiger partial charge in [-0.05, 0) is 106 Å². The molecule has 1 aliphatic heterocycles. The van der Waals surface area contributed by atoms with Gasteiger partial charge in [-0.3, -0.25) is 0 Å². The summed E-state index contributed by atoms with van der Waals surface area (Å²) in [7, 11) is 0. The molecule has 2 unspecified atom stereocenters. The van der Waals surface area contributed by atoms with Crippen molar-refractivity contribution in [3.63, 3.8) is 0 Å². The van der Waals surface area contributed by atoms with Crippen LogP contribution in [0.2, 0.25) is 0 Å². The normalized spacial score (nSPS) is 16.8. The van der Waals surface area contributed by atoms with Crippen LogP contribution in [0.25, 0.3) is 49.7 Å². The summed E-state index contributed by atoms with van der Waals surface area (Å²) in [6.07, 6.45) is 17.9. The summed E-state index contributed by atoms with van der Waals surface area (Å²) in [6, 6.07) is 55.2. The van der Waals surface area contributed by atoms with E-state index < -0.39 is 0 Å². The zero-order valence-corrected chi connectivity index (χ0v) is 31.3. The second-order valence-corrected chi connectivity index (χ2v) is 15.7. The van der Waals surface area contributed by atoms with E-state index in [-0.39, 0.29) is 0 Å². The van der Waals surface area contributed by atoms with E-state index >= 15 is 0 Å². The van der Waals surface area contributed by atoms with E-state index in [1.54, 1.807) is 0 Å². The van der Waals surface area contributed by atoms with E-state index in [9.17, 15) is 0 Å². The van der Waals surface area contributed by atoms with Crippen LogP contribution < -0.4 is 10.6 Å². The number of thioether (sulfide) groups is 1. The van der Waals surface area contributed by atoms with Gasteiger partial charge in [-0.1, -0.05) is 146 Å². The van der Waals surface area contributed by atoms with Crippen molar-refractivity contribution in [3.05, 3.63) is 205 Å². The Morgan fingerprint density at radius 2 is 1.25 bits per heavy atom. The topological polar surface area (TPSA) is 24.1 Å². The second kappa shape index (κ2) is 14.5. The fourth-order valence-electron chi connectivity index (χ4n) is 8.31. The standard InChI is InChI=1S/C52H40N2S/c1-3-14-35(15-4-1)47-34-37(29-31-50(47)53-41-19-5-2-6-20-41)36-16-11-17-38(32-36)42-21-7-9-25-48(42)54-49-26-12-18-39-33-40(28-30-43(39)49)44-23-13-24-46-45-22-8-10-27-51(45)55-52(44)46/h1-3,5-14,16-34,45,51,53-54H,4,15H2. The Labute approximate surface area is 327 Å². The molecule has 7 aromatic carbocycles. The third-order valence-corrected chi connectivity index (χ3v) is 12.5. The number of hydrogen-bond donors (Lipinski definition) is 2. The Bertz CT molecular complexity index is 2700. The molecule has 0 saturated heterocycles. The molecule has 2 atom stereocenters. The third kappa shape index (κ3) is 6.51. The van der Waals surface area contributed by atoms with Crippen LogP contribution in [0.1, 0.15) is 29.9 Å². The lowest BCUT2D eigenvalue weighted by molar-refractivity contribution is 0.881. The summed E-state index contributed by atoms with van der Waals surface area (Å²) in [6.45, 7) is 0. The summed E-state index contributed by atoms with van der Waals surface area (Å²) in [5, 5.41) is 10.4. The molecule has 0 bridgehead atoms. The van der Waals surface area contributed by atoms with E-state index in [4.69, 9.17) is 0 Å². The highest BCUT2D eigenvalue weighted by molar-refractivity contribution is 8.00. The van der Waals surface area contributed by atoms with E-state index in [1.807, 2.05) is 11.8 Å². The summed E-state index contributed by atoms with van der Waals surface area (Å²) in [4.78, 5) is 1.41. The van der Waals surface area contributed by atoms with Crippen molar-refractivity contribution >= 4 is 50.9 Å². The third-order valence-electron chi connectivity index (χ3n) is 11.1. The van der Waals surface area contributed by atoms with E-state index in [0.29, 0.717) is 11.2 Å². The van der Waals surface area contributed by atoms with Crippen LogP contribution >= 0.6 is 11.8 Å². The number of para-hydroxylation sites is 2. The highest BCUT2D eigenvalue weighted by Crippen LogP contribution is 2.52. The maximum Gasteiger partial charge on any atom is 0.0464 e. The van der Waals surface area contributed by atoms with Crippen molar-refractivity contribution in [1.29, 1.82) is 0 Å². The maximum atomic E-state index is 3.85. The zero-order chi connectivity index (χ0) is 36.6. The minimum atomic E-state index is 0.457. The fourth-order valence-corrected chi connectivity index (χ4v) is 9.79. The lowest BCUT2D eigenvalue weighted by Crippen LogP contribution is -2.06. The molecule has 264 valence electrons. The van der Waals surface area contributed by atoms with Gasteiger partial charge in [-0.2, -0.15) is 0 Å². The van der Waals surface area contributed by atoms with E-state index in [2.05, 4.69) is 205 Å². The van der Waals surface area contributed by atoms with Crippen LogP contribution in [0.4, 0.5) is 22.7 Å². The second-order valence-electron chi connectivity index (χ2n) is 14.5. The van der Waals surface area contributed by atoms with Crippen LogP contribution in [0.3, 0.4) is 0 Å². The molecule has 10 rings (SSSR count). The Morgan fingerprint density at radius 1 is 0.509 bits per heavy atom. The monoisotopic (exact) mass is 724 g/mol. The lowest BCUT2D eigenvalue weighted by atomic mass is 9.90. The summed E-state index contributed by atoms with van der Waals surface area (Å²) < 4.78 is 0. The molecule has 0 spiro atoms. The number of benzene rings is 7. The zero-order valence-electron chi connectivity index (χ0n) is 30.5. The Balaban J connectivity index is 0.964. The molecule has 3 aliphatic rings. The van der Waals surface area contributed by atoms with Crippen molar-refractivity contribution < 1.29 is 0 Å². The molecule has 0 saturated carbocycles. The predicted molar refractivity (Wildman–Crippen MR) is 237 cm³/mol. The maximum absolute atomic E-state index is 3.85. The van der Waals surface area contributed by atoms with Gasteiger partial charge in [-0.15, -0.1) is 11.8 Å². The molecule has 0 radical (unpaired) electrons. The van der Waals surface area contributed by atoms with Crippen LogP contribution in [-0.4, -0.2) is 5.25 Å². The molecule has 2 aliphatic carbocycles. The van der Waals surface area contributed by atoms with Gasteiger partial charge in [0.25, 0.3) is 0 Å². The summed E-state index contributed by atoms with van der Waals surface area (Å²) in [5.41, 5.74) is 15.8. The number of hydrogen-bond acceptors (Lipinski definition) is 3. The molecule has 2 N–H and O–H groups in total. The summed E-state index contributed by atoms with van der Waals surface area (Å²) >= 11 is 2.00. The fraction of sp³-hybridized carbons (Fsp3) is 0.0769. The van der Waals surface area contributed by atoms with Gasteiger partial charge in [0.2, 0.25) is 0 Å². The number of anilines is 4. The molecule has 0 aromatic heterocycles. The van der Waals surface area contributed by atoms with Crippen LogP contribution in [-0.2, 0) is 0 Å². The number of rotatable bonds is 8. The molecule has 55 heavy (non-hydrogen) atoms. The average Bonchev–Trinajstić information content (AvgIpc) is 3.64. The Kier molecular flexibility index (Phi) is 8.78. The van der Waals surface area contributed by atoms with Crippen LogP contribution in [0.5, 0.6) is 0 Å². The highest BCUT2D eigenvalue weighted by Gasteiger charge is 2.32. The van der Waals surface area contributed by atoms with Gasteiger partial charge in [0.05, 0.1) is 0 Å². The molecular formula is C52H40N2S. The predicted octanol–water partition coefficient (Wildman–Crippen LogP) is 14.7. The van der Waals surface area contributed by atoms with Gasteiger partial charge in [-0.25, -0.2) is 0 Å². The summed E-state index contributed by atoms with van der Waals surface area (Å²) in [5.74, 6) is 0.457. The SMILES string of the molecule is C1=CCCC(c2cc(-c3cccc(-c4ccccc4Nc4cccc5cc(-c6cccc7c6SC6C=CC=CC76)ccc45)c3)ccc2Nc2ccccc2)=C1. The molecular weight excluding hydrogens is 685 g/mol. The highest BCUT2D eigenvalue weighted by atomic mass is 32.2. The van der Waals surface area contributed by atoms with Gasteiger partial charge in [0.1, 0.15) is 0 Å². The van der Waals surface area contributed by atoms with Crippen LogP contribution in [0.15, 0.2) is 199 Å². The number of allylic oxidation sites excluding steroid dienone is 7. The Morgan fingerprint density at radius 3 is 2.18 bits per heavy atom.